The van der Waals surface area contributed by atoms with Gasteiger partial charge < -0.3 is 14.2 Å². The summed E-state index contributed by atoms with van der Waals surface area (Å²) < 4.78 is 15.7. The topological polar surface area (TPSA) is 98.8 Å². The van der Waals surface area contributed by atoms with Crippen molar-refractivity contribution in [1.29, 1.82) is 0 Å². The van der Waals surface area contributed by atoms with Gasteiger partial charge in [0.05, 0.1) is 6.61 Å². The fourth-order valence-electron chi connectivity index (χ4n) is 2.11. The maximum absolute atomic E-state index is 12.2. The highest BCUT2D eigenvalue weighted by atomic mass is 16.7. The molecule has 0 bridgehead atoms. The van der Waals surface area contributed by atoms with E-state index in [-0.39, 0.29) is 18.2 Å². The number of rotatable bonds is 4. The molecular formula is C16H15N3O5. The number of aromatic nitrogens is 1. The molecule has 1 aromatic carbocycles. The van der Waals surface area contributed by atoms with Crippen molar-refractivity contribution in [3.63, 3.8) is 0 Å². The van der Waals surface area contributed by atoms with Gasteiger partial charge in [-0.3, -0.25) is 20.4 Å². The zero-order valence-electron chi connectivity index (χ0n) is 12.9. The summed E-state index contributed by atoms with van der Waals surface area (Å²) in [6.45, 7) is 2.29. The van der Waals surface area contributed by atoms with Crippen LogP contribution in [-0.4, -0.2) is 30.2 Å². The van der Waals surface area contributed by atoms with Crippen LogP contribution in [0.3, 0.4) is 0 Å². The number of pyridine rings is 1. The molecule has 0 atom stereocenters. The summed E-state index contributed by atoms with van der Waals surface area (Å²) in [6, 6.07) is 7.91. The number of carbonyl (C=O) groups is 2. The third-order valence-corrected chi connectivity index (χ3v) is 3.22. The number of benzene rings is 1. The van der Waals surface area contributed by atoms with E-state index in [0.29, 0.717) is 23.7 Å². The molecule has 2 heterocycles. The molecule has 0 aliphatic carbocycles. The molecule has 0 saturated heterocycles. The fourth-order valence-corrected chi connectivity index (χ4v) is 2.11. The highest BCUT2D eigenvalue weighted by molar-refractivity contribution is 6.00. The van der Waals surface area contributed by atoms with Gasteiger partial charge in [0.2, 0.25) is 12.7 Å². The van der Waals surface area contributed by atoms with Gasteiger partial charge in [-0.1, -0.05) is 0 Å². The monoisotopic (exact) mass is 329 g/mol. The first kappa shape index (κ1) is 15.6. The Morgan fingerprint density at radius 1 is 1.17 bits per heavy atom. The van der Waals surface area contributed by atoms with Gasteiger partial charge in [0, 0.05) is 11.8 Å². The van der Waals surface area contributed by atoms with Crippen LogP contribution in [0.15, 0.2) is 36.5 Å². The van der Waals surface area contributed by atoms with E-state index in [1.165, 1.54) is 6.20 Å². The van der Waals surface area contributed by atoms with E-state index in [2.05, 4.69) is 15.8 Å². The summed E-state index contributed by atoms with van der Waals surface area (Å²) in [5.74, 6) is 0.256. The molecule has 3 rings (SSSR count). The lowest BCUT2D eigenvalue weighted by Crippen LogP contribution is -2.41. The van der Waals surface area contributed by atoms with Gasteiger partial charge in [-0.15, -0.1) is 0 Å². The van der Waals surface area contributed by atoms with Gasteiger partial charge in [0.15, 0.2) is 11.5 Å². The maximum Gasteiger partial charge on any atom is 0.275 e. The summed E-state index contributed by atoms with van der Waals surface area (Å²) in [5.41, 5.74) is 5.23. The van der Waals surface area contributed by atoms with Crippen molar-refractivity contribution in [2.24, 2.45) is 0 Å². The number of hydrogen-bond donors (Lipinski definition) is 2. The molecule has 124 valence electrons. The fraction of sp³-hybridized carbons (Fsp3) is 0.188. The Morgan fingerprint density at radius 2 is 1.96 bits per heavy atom. The molecule has 1 aliphatic rings. The molecule has 2 N–H and O–H groups in total. The first-order valence-electron chi connectivity index (χ1n) is 7.27. The van der Waals surface area contributed by atoms with E-state index < -0.39 is 11.8 Å². The maximum atomic E-state index is 12.2. The summed E-state index contributed by atoms with van der Waals surface area (Å²) in [6.07, 6.45) is 1.52. The van der Waals surface area contributed by atoms with Gasteiger partial charge in [-0.05, 0) is 37.3 Å². The molecular weight excluding hydrogens is 314 g/mol. The number of nitrogens with one attached hydrogen (secondary N) is 2. The molecule has 0 radical (unpaired) electrons. The second-order valence-electron chi connectivity index (χ2n) is 4.77. The zero-order valence-corrected chi connectivity index (χ0v) is 12.9. The van der Waals surface area contributed by atoms with E-state index in [0.717, 1.165) is 0 Å². The number of fused-ring (bicyclic) bond motifs is 1. The normalized spacial score (nSPS) is 11.7. The first-order valence-corrected chi connectivity index (χ1v) is 7.27. The average molecular weight is 329 g/mol. The van der Waals surface area contributed by atoms with E-state index >= 15 is 0 Å². The van der Waals surface area contributed by atoms with E-state index in [4.69, 9.17) is 14.2 Å². The molecule has 24 heavy (non-hydrogen) atoms. The number of nitrogens with zero attached hydrogens (tertiary/aromatic N) is 1. The SMILES string of the molecule is CCOc1ncccc1C(=O)NNC(=O)c1ccc2c(c1)OCO2. The lowest BCUT2D eigenvalue weighted by molar-refractivity contribution is 0.0844. The number of hydrogen-bond acceptors (Lipinski definition) is 6. The smallest absolute Gasteiger partial charge is 0.275 e. The predicted octanol–water partition coefficient (Wildman–Crippen LogP) is 1.28. The standard InChI is InChI=1S/C16H15N3O5/c1-2-22-16-11(4-3-7-17-16)15(21)19-18-14(20)10-5-6-12-13(8-10)24-9-23-12/h3-8H,2,9H2,1H3,(H,18,20)(H,19,21). The van der Waals surface area contributed by atoms with Crippen LogP contribution < -0.4 is 25.1 Å². The largest absolute Gasteiger partial charge is 0.477 e. The second-order valence-corrected chi connectivity index (χ2v) is 4.77. The lowest BCUT2D eigenvalue weighted by Gasteiger charge is -2.10. The minimum absolute atomic E-state index is 0.123. The van der Waals surface area contributed by atoms with E-state index in [9.17, 15) is 9.59 Å². The van der Waals surface area contributed by atoms with E-state index in [1.807, 2.05) is 0 Å². The number of ether oxygens (including phenoxy) is 3. The zero-order chi connectivity index (χ0) is 16.9. The predicted molar refractivity (Wildman–Crippen MR) is 82.9 cm³/mol. The average Bonchev–Trinajstić information content (AvgIpc) is 3.08. The quantitative estimate of drug-likeness (QED) is 0.820. The summed E-state index contributed by atoms with van der Waals surface area (Å²) in [4.78, 5) is 28.3. The van der Waals surface area contributed by atoms with Gasteiger partial charge in [0.1, 0.15) is 5.56 Å². The highest BCUT2D eigenvalue weighted by Crippen LogP contribution is 2.32. The Kier molecular flexibility index (Phi) is 4.46. The van der Waals surface area contributed by atoms with Crippen LogP contribution in [-0.2, 0) is 0 Å². The van der Waals surface area contributed by atoms with Crippen LogP contribution in [0.5, 0.6) is 17.4 Å². The van der Waals surface area contributed by atoms with E-state index in [1.54, 1.807) is 37.3 Å². The Morgan fingerprint density at radius 3 is 2.79 bits per heavy atom. The van der Waals surface area contributed by atoms with Crippen molar-refractivity contribution >= 4 is 11.8 Å². The molecule has 8 heteroatoms. The van der Waals surface area contributed by atoms with Crippen LogP contribution in [0.4, 0.5) is 0 Å². The molecule has 0 saturated carbocycles. The number of hydrazine groups is 1. The van der Waals surface area contributed by atoms with Crippen molar-refractivity contribution in [3.8, 4) is 17.4 Å². The molecule has 1 aromatic heterocycles. The van der Waals surface area contributed by atoms with Crippen LogP contribution in [0.25, 0.3) is 0 Å². The first-order chi connectivity index (χ1) is 11.7. The molecule has 2 amide bonds. The Bertz CT molecular complexity index is 778. The van der Waals surface area contributed by atoms with Crippen LogP contribution in [0.2, 0.25) is 0 Å². The summed E-state index contributed by atoms with van der Waals surface area (Å²) in [7, 11) is 0. The minimum atomic E-state index is -0.527. The van der Waals surface area contributed by atoms with Gasteiger partial charge in [-0.25, -0.2) is 4.98 Å². The van der Waals surface area contributed by atoms with Crippen molar-refractivity contribution in [2.75, 3.05) is 13.4 Å². The number of carbonyl (C=O) groups excluding carboxylic acids is 2. The molecule has 8 nitrogen and oxygen atoms in total. The minimum Gasteiger partial charge on any atom is -0.477 e. The van der Waals surface area contributed by atoms with Crippen LogP contribution in [0, 0.1) is 0 Å². The Balaban J connectivity index is 1.65. The molecule has 0 unspecified atom stereocenters. The third-order valence-electron chi connectivity index (χ3n) is 3.22. The van der Waals surface area contributed by atoms with Crippen molar-refractivity contribution < 1.29 is 23.8 Å². The second kappa shape index (κ2) is 6.86. The summed E-state index contributed by atoms with van der Waals surface area (Å²) in [5, 5.41) is 0. The molecule has 0 fully saturated rings. The molecule has 1 aliphatic heterocycles. The summed E-state index contributed by atoms with van der Waals surface area (Å²) >= 11 is 0. The van der Waals surface area contributed by atoms with Crippen LogP contribution in [0.1, 0.15) is 27.6 Å². The van der Waals surface area contributed by atoms with Crippen LogP contribution >= 0.6 is 0 Å². The van der Waals surface area contributed by atoms with Crippen molar-refractivity contribution in [1.82, 2.24) is 15.8 Å². The molecule has 0 spiro atoms. The van der Waals surface area contributed by atoms with Gasteiger partial charge >= 0.3 is 0 Å². The number of amides is 2. The Hall–Kier alpha value is -3.29. The third kappa shape index (κ3) is 3.22. The lowest BCUT2D eigenvalue weighted by atomic mass is 10.2. The Labute approximate surface area is 137 Å². The highest BCUT2D eigenvalue weighted by Gasteiger charge is 2.18. The molecule has 2 aromatic rings. The van der Waals surface area contributed by atoms with Gasteiger partial charge in [-0.2, -0.15) is 0 Å². The van der Waals surface area contributed by atoms with Crippen molar-refractivity contribution in [3.05, 3.63) is 47.7 Å². The van der Waals surface area contributed by atoms with Gasteiger partial charge in [0.25, 0.3) is 11.8 Å². The van der Waals surface area contributed by atoms with Crippen molar-refractivity contribution in [2.45, 2.75) is 6.92 Å².